The van der Waals surface area contributed by atoms with Crippen molar-refractivity contribution in [3.8, 4) is 0 Å². The third-order valence-corrected chi connectivity index (χ3v) is 9.67. The van der Waals surface area contributed by atoms with E-state index in [9.17, 15) is 4.79 Å². The number of nitrogens with zero attached hydrogens (tertiary/aromatic N) is 1. The first-order chi connectivity index (χ1) is 10.2. The maximum Gasteiger partial charge on any atom is 0.410 e. The number of likely N-dealkylation sites (tertiary alicyclic amines) is 1. The second kappa shape index (κ2) is 7.14. The van der Waals surface area contributed by atoms with Crippen LogP contribution in [0.1, 0.15) is 61.3 Å². The Morgan fingerprint density at radius 3 is 2.22 bits per heavy atom. The smallest absolute Gasteiger partial charge is 0.410 e. The summed E-state index contributed by atoms with van der Waals surface area (Å²) in [5.74, 6) is 0.445. The van der Waals surface area contributed by atoms with Gasteiger partial charge in [-0.2, -0.15) is 0 Å². The molecule has 1 aliphatic rings. The predicted octanol–water partition coefficient (Wildman–Crippen LogP) is 5.04. The summed E-state index contributed by atoms with van der Waals surface area (Å²) in [5.41, 5.74) is -0.456. The van der Waals surface area contributed by atoms with Gasteiger partial charge < -0.3 is 14.1 Å². The minimum atomic E-state index is -1.81. The predicted molar refractivity (Wildman–Crippen MR) is 98.3 cm³/mol. The second-order valence-corrected chi connectivity index (χ2v) is 14.2. The van der Waals surface area contributed by atoms with Crippen LogP contribution in [0.25, 0.3) is 0 Å². The number of rotatable bonds is 3. The molecule has 2 unspecified atom stereocenters. The summed E-state index contributed by atoms with van der Waals surface area (Å²) in [5, 5.41) is 0.182. The van der Waals surface area contributed by atoms with E-state index in [-0.39, 0.29) is 17.2 Å². The Hall–Kier alpha value is -0.553. The molecule has 0 N–H and O–H groups in total. The number of carbonyl (C=O) groups is 1. The molecule has 1 fully saturated rings. The number of hydrogen-bond acceptors (Lipinski definition) is 3. The van der Waals surface area contributed by atoms with Gasteiger partial charge in [0, 0.05) is 6.54 Å². The quantitative estimate of drug-likeness (QED) is 0.674. The molecule has 0 aliphatic carbocycles. The molecule has 1 amide bonds. The number of ether oxygens (including phenoxy) is 1. The molecule has 0 bridgehead atoms. The summed E-state index contributed by atoms with van der Waals surface area (Å²) >= 11 is 0. The fraction of sp³-hybridized carbons (Fsp3) is 0.944. The molecule has 1 heterocycles. The van der Waals surface area contributed by atoms with Crippen LogP contribution in [-0.2, 0) is 9.16 Å². The third-order valence-electron chi connectivity index (χ3n) is 5.16. The van der Waals surface area contributed by atoms with Gasteiger partial charge in [0.1, 0.15) is 5.60 Å². The van der Waals surface area contributed by atoms with Gasteiger partial charge in [0.25, 0.3) is 0 Å². The fourth-order valence-corrected chi connectivity index (χ4v) is 3.58. The summed E-state index contributed by atoms with van der Waals surface area (Å²) in [6.45, 7) is 20.6. The average Bonchev–Trinajstić information content (AvgIpc) is 2.33. The van der Waals surface area contributed by atoms with Crippen molar-refractivity contribution in [3.63, 3.8) is 0 Å². The van der Waals surface area contributed by atoms with Gasteiger partial charge >= 0.3 is 6.09 Å². The summed E-state index contributed by atoms with van der Waals surface area (Å²) < 4.78 is 12.0. The van der Waals surface area contributed by atoms with E-state index in [0.717, 1.165) is 19.4 Å². The number of amides is 1. The van der Waals surface area contributed by atoms with Gasteiger partial charge in [-0.15, -0.1) is 0 Å². The topological polar surface area (TPSA) is 38.8 Å². The zero-order valence-electron chi connectivity index (χ0n) is 16.7. The van der Waals surface area contributed by atoms with Crippen molar-refractivity contribution in [1.82, 2.24) is 4.90 Å². The first-order valence-electron chi connectivity index (χ1n) is 8.88. The van der Waals surface area contributed by atoms with E-state index in [2.05, 4.69) is 40.8 Å². The minimum absolute atomic E-state index is 0.118. The molecule has 4 nitrogen and oxygen atoms in total. The molecular formula is C18H37NO3Si. The van der Waals surface area contributed by atoms with E-state index in [1.807, 2.05) is 25.7 Å². The molecule has 0 radical (unpaired) electrons. The summed E-state index contributed by atoms with van der Waals surface area (Å²) in [6, 6.07) is 0.118. The molecule has 0 aromatic rings. The van der Waals surface area contributed by atoms with Gasteiger partial charge in [-0.05, 0) is 57.7 Å². The van der Waals surface area contributed by atoms with Crippen LogP contribution in [0, 0.1) is 5.92 Å². The molecule has 0 saturated carbocycles. The molecule has 136 valence electrons. The van der Waals surface area contributed by atoms with E-state index in [1.54, 1.807) is 0 Å². The van der Waals surface area contributed by atoms with Crippen molar-refractivity contribution in [1.29, 1.82) is 0 Å². The van der Waals surface area contributed by atoms with Crippen molar-refractivity contribution in [2.45, 2.75) is 91.1 Å². The summed E-state index contributed by atoms with van der Waals surface area (Å²) in [7, 11) is -1.81. The van der Waals surface area contributed by atoms with Gasteiger partial charge in [0.15, 0.2) is 8.32 Å². The number of hydrogen-bond donors (Lipinski definition) is 0. The standard InChI is InChI=1S/C18H37NO3Si/c1-14-11-10-12-19(16(20)22-17(2,3)4)15(14)13-21-23(8,9)18(5,6)7/h14-15H,10-13H2,1-9H3. The summed E-state index contributed by atoms with van der Waals surface area (Å²) in [6.07, 6.45) is 1.98. The van der Waals surface area contributed by atoms with Gasteiger partial charge in [0.2, 0.25) is 0 Å². The average molecular weight is 344 g/mol. The highest BCUT2D eigenvalue weighted by molar-refractivity contribution is 6.74. The van der Waals surface area contributed by atoms with Crippen LogP contribution in [0.3, 0.4) is 0 Å². The molecule has 0 aromatic carbocycles. The van der Waals surface area contributed by atoms with Gasteiger partial charge in [-0.3, -0.25) is 0 Å². The zero-order chi connectivity index (χ0) is 18.1. The van der Waals surface area contributed by atoms with E-state index in [4.69, 9.17) is 9.16 Å². The molecule has 1 saturated heterocycles. The van der Waals surface area contributed by atoms with E-state index in [1.165, 1.54) is 0 Å². The lowest BCUT2D eigenvalue weighted by Crippen LogP contribution is -2.53. The Kier molecular flexibility index (Phi) is 6.36. The molecule has 23 heavy (non-hydrogen) atoms. The lowest BCUT2D eigenvalue weighted by Gasteiger charge is -2.43. The van der Waals surface area contributed by atoms with Crippen LogP contribution in [0.2, 0.25) is 18.1 Å². The third kappa shape index (κ3) is 5.78. The Balaban J connectivity index is 2.80. The number of piperidine rings is 1. The normalized spacial score (nSPS) is 23.8. The van der Waals surface area contributed by atoms with Crippen LogP contribution >= 0.6 is 0 Å². The van der Waals surface area contributed by atoms with Gasteiger partial charge in [-0.25, -0.2) is 4.79 Å². The van der Waals surface area contributed by atoms with Crippen LogP contribution in [0.5, 0.6) is 0 Å². The summed E-state index contributed by atoms with van der Waals surface area (Å²) in [4.78, 5) is 14.4. The van der Waals surface area contributed by atoms with Gasteiger partial charge in [0.05, 0.1) is 12.6 Å². The lowest BCUT2D eigenvalue weighted by atomic mass is 9.92. The Labute approximate surface area is 144 Å². The lowest BCUT2D eigenvalue weighted by molar-refractivity contribution is -0.00772. The highest BCUT2D eigenvalue weighted by Gasteiger charge is 2.40. The van der Waals surface area contributed by atoms with Crippen LogP contribution < -0.4 is 0 Å². The highest BCUT2D eigenvalue weighted by atomic mass is 28.4. The molecule has 1 rings (SSSR count). The highest BCUT2D eigenvalue weighted by Crippen LogP contribution is 2.37. The zero-order valence-corrected chi connectivity index (χ0v) is 17.7. The minimum Gasteiger partial charge on any atom is -0.444 e. The second-order valence-electron chi connectivity index (χ2n) is 9.43. The molecule has 0 aromatic heterocycles. The van der Waals surface area contributed by atoms with Gasteiger partial charge in [-0.1, -0.05) is 27.7 Å². The maximum absolute atomic E-state index is 12.6. The Bertz CT molecular complexity index is 409. The fourth-order valence-electron chi connectivity index (χ4n) is 2.56. The Morgan fingerprint density at radius 2 is 1.74 bits per heavy atom. The van der Waals surface area contributed by atoms with E-state index < -0.39 is 13.9 Å². The van der Waals surface area contributed by atoms with Crippen molar-refractivity contribution in [3.05, 3.63) is 0 Å². The van der Waals surface area contributed by atoms with E-state index >= 15 is 0 Å². The molecule has 0 spiro atoms. The van der Waals surface area contributed by atoms with Crippen molar-refractivity contribution in [2.75, 3.05) is 13.2 Å². The molecular weight excluding hydrogens is 306 g/mol. The van der Waals surface area contributed by atoms with E-state index in [0.29, 0.717) is 12.5 Å². The van der Waals surface area contributed by atoms with Crippen molar-refractivity contribution < 1.29 is 14.0 Å². The molecule has 2 atom stereocenters. The molecule has 1 aliphatic heterocycles. The van der Waals surface area contributed by atoms with Crippen molar-refractivity contribution >= 4 is 14.4 Å². The monoisotopic (exact) mass is 343 g/mol. The van der Waals surface area contributed by atoms with Crippen LogP contribution in [-0.4, -0.2) is 44.1 Å². The maximum atomic E-state index is 12.6. The van der Waals surface area contributed by atoms with Crippen LogP contribution in [0.4, 0.5) is 4.79 Å². The Morgan fingerprint density at radius 1 is 1.17 bits per heavy atom. The SMILES string of the molecule is CC1CCCN(C(=O)OC(C)(C)C)C1CO[Si](C)(C)C(C)(C)C. The molecule has 5 heteroatoms. The largest absolute Gasteiger partial charge is 0.444 e. The first-order valence-corrected chi connectivity index (χ1v) is 11.8. The first kappa shape index (κ1) is 20.5. The van der Waals surface area contributed by atoms with Crippen molar-refractivity contribution in [2.24, 2.45) is 5.92 Å². The van der Waals surface area contributed by atoms with Crippen LogP contribution in [0.15, 0.2) is 0 Å². The number of carbonyl (C=O) groups excluding carboxylic acids is 1.